The zero-order chi connectivity index (χ0) is 19.2. The van der Waals surface area contributed by atoms with E-state index >= 15 is 0 Å². The normalized spacial score (nSPS) is 35.5. The maximum Gasteiger partial charge on any atom is 0.194 e. The zero-order valence-electron chi connectivity index (χ0n) is 17.2. The molecule has 0 bridgehead atoms. The zero-order valence-corrected chi connectivity index (χ0v) is 18.1. The van der Waals surface area contributed by atoms with E-state index in [0.29, 0.717) is 0 Å². The number of guanidine groups is 1. The fraction of sp³-hybridized carbons (Fsp3) is 0.950. The van der Waals surface area contributed by atoms with Crippen molar-refractivity contribution in [2.24, 2.45) is 4.99 Å². The van der Waals surface area contributed by atoms with Crippen molar-refractivity contribution in [3.63, 3.8) is 0 Å². The van der Waals surface area contributed by atoms with Crippen LogP contribution in [0, 0.1) is 0 Å². The number of ether oxygens (including phenoxy) is 3. The van der Waals surface area contributed by atoms with Gasteiger partial charge in [0, 0.05) is 45.1 Å². The van der Waals surface area contributed by atoms with Crippen molar-refractivity contribution in [2.75, 3.05) is 77.2 Å². The van der Waals surface area contributed by atoms with Gasteiger partial charge in [-0.2, -0.15) is 11.8 Å². The number of thioether (sulfide) groups is 1. The van der Waals surface area contributed by atoms with E-state index in [1.54, 1.807) is 0 Å². The van der Waals surface area contributed by atoms with Crippen molar-refractivity contribution >= 4 is 17.7 Å². The number of morpholine rings is 2. The second-order valence-electron chi connectivity index (χ2n) is 8.20. The molecule has 8 heteroatoms. The molecular formula is C20H36N4O3S. The number of nitrogens with zero attached hydrogens (tertiary/aromatic N) is 3. The first kappa shape index (κ1) is 20.7. The van der Waals surface area contributed by atoms with Crippen LogP contribution in [0.4, 0.5) is 0 Å². The van der Waals surface area contributed by atoms with E-state index in [0.717, 1.165) is 84.5 Å². The molecule has 0 spiro atoms. The van der Waals surface area contributed by atoms with Crippen LogP contribution in [0.1, 0.15) is 26.2 Å². The Kier molecular flexibility index (Phi) is 7.38. The summed E-state index contributed by atoms with van der Waals surface area (Å²) in [5, 5.41) is 3.54. The molecule has 1 N–H and O–H groups in total. The molecule has 4 heterocycles. The summed E-state index contributed by atoms with van der Waals surface area (Å²) in [7, 11) is 0. The van der Waals surface area contributed by atoms with Crippen LogP contribution >= 0.6 is 11.8 Å². The summed E-state index contributed by atoms with van der Waals surface area (Å²) in [6, 6.07) is 0. The Labute approximate surface area is 173 Å². The van der Waals surface area contributed by atoms with Gasteiger partial charge in [-0.05, 0) is 31.9 Å². The average Bonchev–Trinajstić information content (AvgIpc) is 3.45. The summed E-state index contributed by atoms with van der Waals surface area (Å²) in [4.78, 5) is 10.2. The Morgan fingerprint density at radius 1 is 1.14 bits per heavy atom. The molecule has 4 aliphatic rings. The van der Waals surface area contributed by atoms with E-state index in [1.165, 1.54) is 17.9 Å². The van der Waals surface area contributed by atoms with E-state index in [2.05, 4.69) is 33.8 Å². The van der Waals surface area contributed by atoms with Crippen molar-refractivity contribution in [3.8, 4) is 0 Å². The van der Waals surface area contributed by atoms with Crippen LogP contribution in [0.5, 0.6) is 0 Å². The highest BCUT2D eigenvalue weighted by Gasteiger charge is 2.41. The minimum Gasteiger partial charge on any atom is -0.379 e. The minimum absolute atomic E-state index is 0.162. The van der Waals surface area contributed by atoms with Crippen molar-refractivity contribution in [1.29, 1.82) is 0 Å². The van der Waals surface area contributed by atoms with Crippen LogP contribution in [0.3, 0.4) is 0 Å². The third-order valence-electron chi connectivity index (χ3n) is 6.40. The fourth-order valence-electron chi connectivity index (χ4n) is 4.74. The maximum absolute atomic E-state index is 6.04. The number of hydrogen-bond donors (Lipinski definition) is 1. The van der Waals surface area contributed by atoms with Crippen molar-refractivity contribution in [3.05, 3.63) is 0 Å². The highest BCUT2D eigenvalue weighted by Crippen LogP contribution is 2.34. The highest BCUT2D eigenvalue weighted by molar-refractivity contribution is 7.99. The van der Waals surface area contributed by atoms with Crippen LogP contribution in [-0.4, -0.2) is 111 Å². The van der Waals surface area contributed by atoms with Gasteiger partial charge < -0.3 is 24.4 Å². The first-order valence-electron chi connectivity index (χ1n) is 11.0. The largest absolute Gasteiger partial charge is 0.379 e. The molecule has 7 nitrogen and oxygen atoms in total. The molecule has 0 saturated carbocycles. The molecule has 3 atom stereocenters. The van der Waals surface area contributed by atoms with E-state index in [9.17, 15) is 0 Å². The van der Waals surface area contributed by atoms with Crippen molar-refractivity contribution in [2.45, 2.75) is 43.9 Å². The number of hydrogen-bond acceptors (Lipinski definition) is 6. The van der Waals surface area contributed by atoms with Crippen molar-refractivity contribution in [1.82, 2.24) is 15.1 Å². The van der Waals surface area contributed by atoms with E-state index in [1.807, 2.05) is 0 Å². The molecule has 0 aromatic heterocycles. The molecule has 0 aliphatic carbocycles. The van der Waals surface area contributed by atoms with Gasteiger partial charge in [0.1, 0.15) is 6.10 Å². The van der Waals surface area contributed by atoms with Crippen LogP contribution in [0.25, 0.3) is 0 Å². The molecular weight excluding hydrogens is 376 g/mol. The van der Waals surface area contributed by atoms with Gasteiger partial charge in [0.2, 0.25) is 0 Å². The number of nitrogens with one attached hydrogen (secondary N) is 1. The second kappa shape index (κ2) is 9.98. The van der Waals surface area contributed by atoms with Crippen LogP contribution < -0.4 is 5.32 Å². The molecule has 4 aliphatic heterocycles. The Morgan fingerprint density at radius 3 is 2.71 bits per heavy atom. The first-order chi connectivity index (χ1) is 13.8. The minimum atomic E-state index is 0.162. The lowest BCUT2D eigenvalue weighted by Crippen LogP contribution is -2.57. The standard InChI is InChI=1S/C20H36N4O3S/c1-2-21-19(23-6-12-27-18(14-23)17-4-3-9-26-17)22-15-20(5-13-28-16-20)24-7-10-25-11-8-24/h17-18H,2-16H2,1H3,(H,21,22). The Morgan fingerprint density at radius 2 is 2.00 bits per heavy atom. The monoisotopic (exact) mass is 412 g/mol. The predicted molar refractivity (Wildman–Crippen MR) is 113 cm³/mol. The van der Waals surface area contributed by atoms with Gasteiger partial charge in [-0.25, -0.2) is 0 Å². The third kappa shape index (κ3) is 4.78. The quantitative estimate of drug-likeness (QED) is 0.535. The van der Waals surface area contributed by atoms with Gasteiger partial charge >= 0.3 is 0 Å². The van der Waals surface area contributed by atoms with E-state index in [-0.39, 0.29) is 17.7 Å². The lowest BCUT2D eigenvalue weighted by molar-refractivity contribution is -0.0817. The average molecular weight is 413 g/mol. The lowest BCUT2D eigenvalue weighted by atomic mass is 9.96. The van der Waals surface area contributed by atoms with Gasteiger partial charge in [-0.3, -0.25) is 9.89 Å². The molecule has 4 rings (SSSR count). The summed E-state index contributed by atoms with van der Waals surface area (Å²) in [6.07, 6.45) is 3.90. The molecule has 3 unspecified atom stereocenters. The second-order valence-corrected chi connectivity index (χ2v) is 9.31. The highest BCUT2D eigenvalue weighted by atomic mass is 32.2. The van der Waals surface area contributed by atoms with Crippen LogP contribution in [0.15, 0.2) is 4.99 Å². The first-order valence-corrected chi connectivity index (χ1v) is 12.1. The molecule has 0 radical (unpaired) electrons. The summed E-state index contributed by atoms with van der Waals surface area (Å²) in [5.74, 6) is 3.46. The SMILES string of the molecule is CCNC(=NCC1(N2CCOCC2)CCSC1)N1CCOC(C2CCCO2)C1. The van der Waals surface area contributed by atoms with Gasteiger partial charge in [0.05, 0.1) is 38.0 Å². The predicted octanol–water partition coefficient (Wildman–Crippen LogP) is 1.04. The van der Waals surface area contributed by atoms with Crippen LogP contribution in [0.2, 0.25) is 0 Å². The van der Waals surface area contributed by atoms with E-state index in [4.69, 9.17) is 19.2 Å². The topological polar surface area (TPSA) is 58.6 Å². The summed E-state index contributed by atoms with van der Waals surface area (Å²) >= 11 is 2.07. The summed E-state index contributed by atoms with van der Waals surface area (Å²) < 4.78 is 17.5. The molecule has 0 aromatic rings. The Hall–Kier alpha value is -0.540. The fourth-order valence-corrected chi connectivity index (χ4v) is 6.21. The number of rotatable bonds is 5. The molecule has 0 aromatic carbocycles. The van der Waals surface area contributed by atoms with Gasteiger partial charge in [-0.15, -0.1) is 0 Å². The van der Waals surface area contributed by atoms with Crippen molar-refractivity contribution < 1.29 is 14.2 Å². The molecule has 4 saturated heterocycles. The Bertz CT molecular complexity index is 518. The lowest BCUT2D eigenvalue weighted by Gasteiger charge is -2.42. The van der Waals surface area contributed by atoms with Gasteiger partial charge in [0.25, 0.3) is 0 Å². The molecule has 4 fully saturated rings. The Balaban J connectivity index is 1.44. The van der Waals surface area contributed by atoms with Gasteiger partial charge in [-0.1, -0.05) is 0 Å². The maximum atomic E-state index is 6.04. The molecule has 0 amide bonds. The summed E-state index contributed by atoms with van der Waals surface area (Å²) in [6.45, 7) is 11.1. The smallest absolute Gasteiger partial charge is 0.194 e. The number of aliphatic imine (C=N–C) groups is 1. The van der Waals surface area contributed by atoms with E-state index < -0.39 is 0 Å². The summed E-state index contributed by atoms with van der Waals surface area (Å²) in [5.41, 5.74) is 0.190. The third-order valence-corrected chi connectivity index (χ3v) is 7.63. The molecule has 28 heavy (non-hydrogen) atoms. The van der Waals surface area contributed by atoms with Gasteiger partial charge in [0.15, 0.2) is 5.96 Å². The molecule has 160 valence electrons. The van der Waals surface area contributed by atoms with Crippen LogP contribution in [-0.2, 0) is 14.2 Å².